The molecule has 1 amide bonds. The van der Waals surface area contributed by atoms with Crippen LogP contribution >= 0.6 is 0 Å². The Labute approximate surface area is 230 Å². The summed E-state index contributed by atoms with van der Waals surface area (Å²) < 4.78 is 13.4. The second-order valence-electron chi connectivity index (χ2n) is 10.3. The SMILES string of the molecule is CC.CC.CCCCCC(=O)NCC(C)(C)OCC(C)(C)Cn1cc(-c2ccc(OCC(C)=O)cc2)nn1. The number of nitrogens with one attached hydrogen (secondary N) is 1. The van der Waals surface area contributed by atoms with Gasteiger partial charge in [-0.2, -0.15) is 0 Å². The van der Waals surface area contributed by atoms with Gasteiger partial charge >= 0.3 is 0 Å². The fraction of sp³-hybridized carbons (Fsp3) is 0.667. The van der Waals surface area contributed by atoms with E-state index in [1.165, 1.54) is 6.92 Å². The molecule has 8 nitrogen and oxygen atoms in total. The summed E-state index contributed by atoms with van der Waals surface area (Å²) in [5, 5.41) is 11.6. The molecule has 0 aliphatic carbocycles. The number of carbonyl (C=O) groups is 2. The summed E-state index contributed by atoms with van der Waals surface area (Å²) in [7, 11) is 0. The number of hydrogen-bond acceptors (Lipinski definition) is 6. The Hall–Kier alpha value is -2.74. The molecule has 0 bridgehead atoms. The Morgan fingerprint density at radius 2 is 1.63 bits per heavy atom. The van der Waals surface area contributed by atoms with Gasteiger partial charge in [0.05, 0.1) is 18.4 Å². The minimum absolute atomic E-state index is 0.0193. The van der Waals surface area contributed by atoms with Crippen LogP contribution in [-0.4, -0.2) is 52.0 Å². The van der Waals surface area contributed by atoms with Crippen molar-refractivity contribution in [1.82, 2.24) is 20.3 Å². The Morgan fingerprint density at radius 3 is 2.21 bits per heavy atom. The fourth-order valence-electron chi connectivity index (χ4n) is 3.28. The van der Waals surface area contributed by atoms with E-state index in [2.05, 4.69) is 36.4 Å². The van der Waals surface area contributed by atoms with Gasteiger partial charge in [0.1, 0.15) is 18.1 Å². The molecule has 0 saturated carbocycles. The Balaban J connectivity index is 0.00000326. The van der Waals surface area contributed by atoms with Crippen molar-refractivity contribution in [2.75, 3.05) is 19.8 Å². The van der Waals surface area contributed by atoms with E-state index < -0.39 is 5.60 Å². The van der Waals surface area contributed by atoms with E-state index in [9.17, 15) is 9.59 Å². The molecule has 0 aliphatic rings. The van der Waals surface area contributed by atoms with Crippen molar-refractivity contribution >= 4 is 11.7 Å². The van der Waals surface area contributed by atoms with Crippen LogP contribution in [0.25, 0.3) is 11.3 Å². The molecule has 2 aromatic rings. The Morgan fingerprint density at radius 1 is 1.00 bits per heavy atom. The summed E-state index contributed by atoms with van der Waals surface area (Å²) in [5.74, 6) is 0.705. The second kappa shape index (κ2) is 18.5. The summed E-state index contributed by atoms with van der Waals surface area (Å²) >= 11 is 0. The third-order valence-corrected chi connectivity index (χ3v) is 5.29. The minimum Gasteiger partial charge on any atom is -0.486 e. The zero-order valence-corrected chi connectivity index (χ0v) is 25.5. The van der Waals surface area contributed by atoms with E-state index in [0.717, 1.165) is 30.5 Å². The Kier molecular flexibility index (Phi) is 17.2. The van der Waals surface area contributed by atoms with Crippen LogP contribution in [0.5, 0.6) is 5.75 Å². The molecule has 2 rings (SSSR count). The number of ether oxygens (including phenoxy) is 2. The van der Waals surface area contributed by atoms with Crippen LogP contribution in [0, 0.1) is 5.41 Å². The number of unbranched alkanes of at least 4 members (excludes halogenated alkanes) is 2. The summed E-state index contributed by atoms with van der Waals surface area (Å²) in [6.07, 6.45) is 5.58. The number of ketones is 1. The predicted molar refractivity (Wildman–Crippen MR) is 155 cm³/mol. The molecule has 1 aromatic heterocycles. The fourth-order valence-corrected chi connectivity index (χ4v) is 3.28. The molecular formula is C30H52N4O4. The topological polar surface area (TPSA) is 95.3 Å². The van der Waals surface area contributed by atoms with Crippen molar-refractivity contribution < 1.29 is 19.1 Å². The van der Waals surface area contributed by atoms with E-state index in [0.29, 0.717) is 31.9 Å². The van der Waals surface area contributed by atoms with Crippen LogP contribution in [0.2, 0.25) is 0 Å². The van der Waals surface area contributed by atoms with E-state index in [1.54, 1.807) is 0 Å². The van der Waals surface area contributed by atoms with E-state index in [1.807, 2.05) is 76.7 Å². The van der Waals surface area contributed by atoms with Crippen molar-refractivity contribution in [3.05, 3.63) is 30.5 Å². The van der Waals surface area contributed by atoms with Gasteiger partial charge in [-0.05, 0) is 51.5 Å². The van der Waals surface area contributed by atoms with Gasteiger partial charge in [-0.25, -0.2) is 0 Å². The molecule has 0 radical (unpaired) electrons. The van der Waals surface area contributed by atoms with Crippen LogP contribution in [0.3, 0.4) is 0 Å². The van der Waals surface area contributed by atoms with Crippen molar-refractivity contribution in [2.24, 2.45) is 5.41 Å². The standard InChI is InChI=1S/C26H40N4O4.2C2H6/c1-7-8-9-10-24(32)27-17-26(5,6)34-19-25(3,4)18-30-15-23(28-29-30)21-11-13-22(14-12-21)33-16-20(2)31;2*1-2/h11-15H,7-10,16-19H2,1-6H3,(H,27,32);2*1-2H3. The normalized spacial score (nSPS) is 11.0. The summed E-state index contributed by atoms with van der Waals surface area (Å²) in [5.41, 5.74) is 1.04. The maximum absolute atomic E-state index is 12.0. The molecule has 38 heavy (non-hydrogen) atoms. The number of benzene rings is 1. The average molecular weight is 533 g/mol. The van der Waals surface area contributed by atoms with Crippen molar-refractivity contribution in [2.45, 2.75) is 107 Å². The molecule has 0 unspecified atom stereocenters. The second-order valence-corrected chi connectivity index (χ2v) is 10.3. The average Bonchev–Trinajstić information content (AvgIpc) is 3.36. The van der Waals surface area contributed by atoms with E-state index in [-0.39, 0.29) is 23.7 Å². The van der Waals surface area contributed by atoms with E-state index in [4.69, 9.17) is 9.47 Å². The quantitative estimate of drug-likeness (QED) is 0.264. The molecule has 0 spiro atoms. The highest BCUT2D eigenvalue weighted by atomic mass is 16.5. The van der Waals surface area contributed by atoms with Gasteiger partial charge in [-0.3, -0.25) is 14.3 Å². The third-order valence-electron chi connectivity index (χ3n) is 5.29. The minimum atomic E-state index is -0.461. The zero-order chi connectivity index (χ0) is 29.2. The highest BCUT2D eigenvalue weighted by Crippen LogP contribution is 2.24. The first kappa shape index (κ1) is 35.3. The maximum atomic E-state index is 12.0. The van der Waals surface area contributed by atoms with Crippen LogP contribution in [0.15, 0.2) is 30.5 Å². The lowest BCUT2D eigenvalue weighted by molar-refractivity contribution is -0.123. The number of Topliss-reactive ketones (excluding diaryl/α,β-unsaturated/α-hetero) is 1. The van der Waals surface area contributed by atoms with Crippen molar-refractivity contribution in [1.29, 1.82) is 0 Å². The van der Waals surface area contributed by atoms with Crippen LogP contribution in [-0.2, 0) is 20.9 Å². The highest BCUT2D eigenvalue weighted by molar-refractivity contribution is 5.77. The maximum Gasteiger partial charge on any atom is 0.220 e. The largest absolute Gasteiger partial charge is 0.486 e. The molecule has 8 heteroatoms. The van der Waals surface area contributed by atoms with Gasteiger partial charge < -0.3 is 14.8 Å². The number of amides is 1. The Bertz CT molecular complexity index is 921. The lowest BCUT2D eigenvalue weighted by Crippen LogP contribution is -2.42. The highest BCUT2D eigenvalue weighted by Gasteiger charge is 2.26. The van der Waals surface area contributed by atoms with Crippen LogP contribution < -0.4 is 10.1 Å². The van der Waals surface area contributed by atoms with Crippen molar-refractivity contribution in [3.63, 3.8) is 0 Å². The summed E-state index contributed by atoms with van der Waals surface area (Å²) in [4.78, 5) is 23.1. The number of hydrogen-bond donors (Lipinski definition) is 1. The third kappa shape index (κ3) is 14.9. The smallest absolute Gasteiger partial charge is 0.220 e. The number of aromatic nitrogens is 3. The first-order valence-electron chi connectivity index (χ1n) is 14.0. The molecule has 0 fully saturated rings. The summed E-state index contributed by atoms with van der Waals surface area (Å²) in [6.45, 7) is 21.5. The van der Waals surface area contributed by atoms with Gasteiger partial charge in [-0.1, -0.05) is 66.5 Å². The van der Waals surface area contributed by atoms with Gasteiger partial charge in [0.25, 0.3) is 0 Å². The zero-order valence-electron chi connectivity index (χ0n) is 25.5. The number of carbonyl (C=O) groups excluding carboxylic acids is 2. The molecule has 0 aliphatic heterocycles. The molecule has 0 atom stereocenters. The van der Waals surface area contributed by atoms with E-state index >= 15 is 0 Å². The molecule has 1 N–H and O–H groups in total. The lowest BCUT2D eigenvalue weighted by atomic mass is 9.94. The van der Waals surface area contributed by atoms with Gasteiger partial charge in [0, 0.05) is 30.5 Å². The number of rotatable bonds is 15. The molecule has 216 valence electrons. The molecule has 0 saturated heterocycles. The van der Waals surface area contributed by atoms with Gasteiger partial charge in [0.2, 0.25) is 5.91 Å². The predicted octanol–water partition coefficient (Wildman–Crippen LogP) is 6.48. The lowest BCUT2D eigenvalue weighted by Gasteiger charge is -2.32. The molecular weight excluding hydrogens is 480 g/mol. The van der Waals surface area contributed by atoms with Crippen molar-refractivity contribution in [3.8, 4) is 17.0 Å². The van der Waals surface area contributed by atoms with Gasteiger partial charge in [0.15, 0.2) is 5.78 Å². The summed E-state index contributed by atoms with van der Waals surface area (Å²) in [6, 6.07) is 7.44. The first-order chi connectivity index (χ1) is 18.0. The molecule has 1 aromatic carbocycles. The molecule has 1 heterocycles. The number of nitrogens with zero attached hydrogens (tertiary/aromatic N) is 3. The monoisotopic (exact) mass is 532 g/mol. The van der Waals surface area contributed by atoms with Gasteiger partial charge in [-0.15, -0.1) is 5.10 Å². The van der Waals surface area contributed by atoms with Crippen LogP contribution in [0.4, 0.5) is 0 Å². The van der Waals surface area contributed by atoms with Crippen LogP contribution in [0.1, 0.15) is 94.9 Å². The first-order valence-corrected chi connectivity index (χ1v) is 14.0.